The van der Waals surface area contributed by atoms with Crippen LogP contribution in [0.3, 0.4) is 0 Å². The summed E-state index contributed by atoms with van der Waals surface area (Å²) >= 11 is 0. The second-order valence-electron chi connectivity index (χ2n) is 3.00. The van der Waals surface area contributed by atoms with Crippen LogP contribution in [0.1, 0.15) is 10.4 Å². The lowest BCUT2D eigenvalue weighted by Crippen LogP contribution is -1.87. The number of phenols is 1. The number of aromatic hydroxyl groups is 1. The molecule has 1 aromatic heterocycles. The number of phenolic OH excluding ortho intramolecular Hbond substituents is 1. The number of rotatable bonds is 2. The van der Waals surface area contributed by atoms with Crippen molar-refractivity contribution in [2.24, 2.45) is 0 Å². The van der Waals surface area contributed by atoms with Gasteiger partial charge in [0.05, 0.1) is 0 Å². The highest BCUT2D eigenvalue weighted by Gasteiger charge is 2.10. The first kappa shape index (κ1) is 9.26. The number of aromatic nitrogens is 1. The van der Waals surface area contributed by atoms with E-state index in [0.717, 1.165) is 0 Å². The number of benzene rings is 1. The predicted molar refractivity (Wildman–Crippen MR) is 53.4 cm³/mol. The van der Waals surface area contributed by atoms with E-state index in [-0.39, 0.29) is 11.6 Å². The van der Waals surface area contributed by atoms with Gasteiger partial charge in [-0.2, -0.15) is 0 Å². The molecular weight excluding hydrogens is 196 g/mol. The zero-order valence-corrected chi connectivity index (χ0v) is 7.68. The summed E-state index contributed by atoms with van der Waals surface area (Å²) in [4.78, 5) is 10.7. The molecule has 0 spiro atoms. The maximum absolute atomic E-state index is 10.7. The average Bonchev–Trinajstić information content (AvgIpc) is 2.65. The molecule has 0 fully saturated rings. The van der Waals surface area contributed by atoms with E-state index in [1.807, 2.05) is 0 Å². The minimum Gasteiger partial charge on any atom is -0.508 e. The molecule has 0 aliphatic heterocycles. The van der Waals surface area contributed by atoms with E-state index in [9.17, 15) is 9.90 Å². The number of nitrogen functional groups attached to an aromatic ring is 1. The average molecular weight is 204 g/mol. The SMILES string of the molecule is Nc1cc(-c2cc(O)ccc2C=O)no1. The maximum atomic E-state index is 10.7. The number of aldehydes is 1. The van der Waals surface area contributed by atoms with Gasteiger partial charge in [0.2, 0.25) is 5.88 Å². The lowest BCUT2D eigenvalue weighted by Gasteiger charge is -2.00. The zero-order valence-electron chi connectivity index (χ0n) is 7.68. The Morgan fingerprint density at radius 2 is 2.20 bits per heavy atom. The Bertz CT molecular complexity index is 505. The Balaban J connectivity index is 2.59. The highest BCUT2D eigenvalue weighted by Crippen LogP contribution is 2.26. The number of carbonyl (C=O) groups is 1. The summed E-state index contributed by atoms with van der Waals surface area (Å²) in [7, 11) is 0. The Hall–Kier alpha value is -2.30. The van der Waals surface area contributed by atoms with Crippen LogP contribution in [-0.4, -0.2) is 16.5 Å². The molecule has 0 unspecified atom stereocenters. The Kier molecular flexibility index (Phi) is 2.13. The summed E-state index contributed by atoms with van der Waals surface area (Å²) in [5.41, 5.74) is 6.70. The van der Waals surface area contributed by atoms with E-state index in [1.165, 1.54) is 24.3 Å². The Labute approximate surface area is 85.1 Å². The molecule has 0 aliphatic carbocycles. The summed E-state index contributed by atoms with van der Waals surface area (Å²) in [5.74, 6) is 0.211. The van der Waals surface area contributed by atoms with Gasteiger partial charge >= 0.3 is 0 Å². The molecule has 0 aliphatic rings. The van der Waals surface area contributed by atoms with Gasteiger partial charge in [-0.15, -0.1) is 0 Å². The zero-order chi connectivity index (χ0) is 10.8. The van der Waals surface area contributed by atoms with E-state index >= 15 is 0 Å². The first-order chi connectivity index (χ1) is 7.20. The smallest absolute Gasteiger partial charge is 0.222 e. The molecule has 0 saturated carbocycles. The summed E-state index contributed by atoms with van der Waals surface area (Å²) < 4.78 is 4.69. The van der Waals surface area contributed by atoms with E-state index in [1.54, 1.807) is 0 Å². The molecule has 76 valence electrons. The topological polar surface area (TPSA) is 89.4 Å². The largest absolute Gasteiger partial charge is 0.508 e. The molecule has 1 heterocycles. The van der Waals surface area contributed by atoms with Gasteiger partial charge in [-0.25, -0.2) is 0 Å². The van der Waals surface area contributed by atoms with Crippen LogP contribution in [0.5, 0.6) is 5.75 Å². The molecular formula is C10H8N2O3. The Morgan fingerprint density at radius 3 is 2.80 bits per heavy atom. The van der Waals surface area contributed by atoms with Gasteiger partial charge in [0.1, 0.15) is 11.4 Å². The normalized spacial score (nSPS) is 10.1. The van der Waals surface area contributed by atoms with Gasteiger partial charge in [-0.1, -0.05) is 5.16 Å². The molecule has 0 atom stereocenters. The van der Waals surface area contributed by atoms with E-state index < -0.39 is 0 Å². The fraction of sp³-hybridized carbons (Fsp3) is 0. The van der Waals surface area contributed by atoms with E-state index in [2.05, 4.69) is 9.68 Å². The molecule has 0 radical (unpaired) electrons. The van der Waals surface area contributed by atoms with Crippen LogP contribution in [0.2, 0.25) is 0 Å². The molecule has 15 heavy (non-hydrogen) atoms. The second kappa shape index (κ2) is 3.45. The monoisotopic (exact) mass is 204 g/mol. The maximum Gasteiger partial charge on any atom is 0.222 e. The summed E-state index contributed by atoms with van der Waals surface area (Å²) in [6, 6.07) is 5.85. The third-order valence-corrected chi connectivity index (χ3v) is 1.97. The minimum absolute atomic E-state index is 0.0529. The van der Waals surface area contributed by atoms with Crippen LogP contribution < -0.4 is 5.73 Å². The van der Waals surface area contributed by atoms with Gasteiger partial charge < -0.3 is 15.4 Å². The molecule has 1 aromatic carbocycles. The third-order valence-electron chi connectivity index (χ3n) is 1.97. The van der Waals surface area contributed by atoms with Crippen molar-refractivity contribution in [1.29, 1.82) is 0 Å². The van der Waals surface area contributed by atoms with E-state index in [4.69, 9.17) is 5.73 Å². The summed E-state index contributed by atoms with van der Waals surface area (Å²) in [6.07, 6.45) is 0.680. The molecule has 2 aromatic rings. The van der Waals surface area contributed by atoms with Crippen molar-refractivity contribution in [3.05, 3.63) is 29.8 Å². The van der Waals surface area contributed by atoms with Crippen molar-refractivity contribution in [1.82, 2.24) is 5.16 Å². The van der Waals surface area contributed by atoms with Crippen LogP contribution in [0.15, 0.2) is 28.8 Å². The number of carbonyl (C=O) groups excluding carboxylic acids is 1. The number of anilines is 1. The van der Waals surface area contributed by atoms with Gasteiger partial charge in [0, 0.05) is 17.2 Å². The molecule has 5 heteroatoms. The van der Waals surface area contributed by atoms with Crippen LogP contribution in [0.4, 0.5) is 5.88 Å². The lowest BCUT2D eigenvalue weighted by atomic mass is 10.1. The number of hydrogen-bond donors (Lipinski definition) is 2. The quantitative estimate of drug-likeness (QED) is 0.722. The summed E-state index contributed by atoms with van der Waals surface area (Å²) in [5, 5.41) is 13.0. The van der Waals surface area contributed by atoms with Gasteiger partial charge in [-0.05, 0) is 18.2 Å². The van der Waals surface area contributed by atoms with Gasteiger partial charge in [0.25, 0.3) is 0 Å². The first-order valence-electron chi connectivity index (χ1n) is 4.21. The van der Waals surface area contributed by atoms with Crippen molar-refractivity contribution in [3.8, 4) is 17.0 Å². The van der Waals surface area contributed by atoms with Crippen molar-refractivity contribution in [2.75, 3.05) is 5.73 Å². The molecule has 0 amide bonds. The standard InChI is InChI=1S/C10H8N2O3/c11-10-4-9(12-15-10)8-3-7(14)2-1-6(8)5-13/h1-5,14H,11H2. The first-order valence-corrected chi connectivity index (χ1v) is 4.21. The molecule has 0 bridgehead atoms. The fourth-order valence-electron chi connectivity index (χ4n) is 1.29. The highest BCUT2D eigenvalue weighted by molar-refractivity contribution is 5.87. The van der Waals surface area contributed by atoms with Crippen molar-refractivity contribution < 1.29 is 14.4 Å². The second-order valence-corrected chi connectivity index (χ2v) is 3.00. The fourth-order valence-corrected chi connectivity index (χ4v) is 1.29. The predicted octanol–water partition coefficient (Wildman–Crippen LogP) is 1.44. The molecule has 0 saturated heterocycles. The van der Waals surface area contributed by atoms with Crippen LogP contribution >= 0.6 is 0 Å². The third kappa shape index (κ3) is 1.67. The summed E-state index contributed by atoms with van der Waals surface area (Å²) in [6.45, 7) is 0. The highest BCUT2D eigenvalue weighted by atomic mass is 16.5. The van der Waals surface area contributed by atoms with Crippen LogP contribution in [-0.2, 0) is 0 Å². The van der Waals surface area contributed by atoms with Crippen molar-refractivity contribution >= 4 is 12.2 Å². The number of hydrogen-bond acceptors (Lipinski definition) is 5. The van der Waals surface area contributed by atoms with Crippen molar-refractivity contribution in [3.63, 3.8) is 0 Å². The van der Waals surface area contributed by atoms with Crippen LogP contribution in [0, 0.1) is 0 Å². The lowest BCUT2D eigenvalue weighted by molar-refractivity contribution is 0.112. The van der Waals surface area contributed by atoms with Gasteiger partial charge in [0.15, 0.2) is 6.29 Å². The van der Waals surface area contributed by atoms with Gasteiger partial charge in [-0.3, -0.25) is 4.79 Å². The number of nitrogens with zero attached hydrogens (tertiary/aromatic N) is 1. The number of nitrogens with two attached hydrogens (primary N) is 1. The minimum atomic E-state index is 0.0529. The molecule has 5 nitrogen and oxygen atoms in total. The van der Waals surface area contributed by atoms with E-state index in [0.29, 0.717) is 23.1 Å². The van der Waals surface area contributed by atoms with Crippen molar-refractivity contribution in [2.45, 2.75) is 0 Å². The Morgan fingerprint density at radius 1 is 1.40 bits per heavy atom. The van der Waals surface area contributed by atoms with Crippen LogP contribution in [0.25, 0.3) is 11.3 Å². The molecule has 3 N–H and O–H groups in total. The molecule has 2 rings (SSSR count).